The lowest BCUT2D eigenvalue weighted by molar-refractivity contribution is -0.235. The highest BCUT2D eigenvalue weighted by Crippen LogP contribution is 2.64. The molecule has 15 nitrogen and oxygen atoms in total. The number of likely N-dealkylation sites (N-methyl/N-ethyl adjacent to an activating group) is 1. The van der Waals surface area contributed by atoms with Crippen molar-refractivity contribution in [1.29, 1.82) is 0 Å². The largest absolute Gasteiger partial charge is 0.460 e. The van der Waals surface area contributed by atoms with Crippen LogP contribution in [0.3, 0.4) is 0 Å². The van der Waals surface area contributed by atoms with E-state index in [-0.39, 0.29) is 44.1 Å². The summed E-state index contributed by atoms with van der Waals surface area (Å²) in [6.07, 6.45) is -2.35. The number of carbonyl (C=O) groups excluding carboxylic acids is 5. The molecule has 2 aromatic carbocycles. The molecule has 8 unspecified atom stereocenters. The van der Waals surface area contributed by atoms with Gasteiger partial charge in [0, 0.05) is 44.2 Å². The van der Waals surface area contributed by atoms with Crippen molar-refractivity contribution in [1.82, 2.24) is 15.3 Å². The Labute approximate surface area is 374 Å². The van der Waals surface area contributed by atoms with Crippen LogP contribution < -0.4 is 5.32 Å². The minimum absolute atomic E-state index is 0.00132. The summed E-state index contributed by atoms with van der Waals surface area (Å²) in [5.74, 6) is -4.21. The molecule has 352 valence electrons. The van der Waals surface area contributed by atoms with Gasteiger partial charge in [0.2, 0.25) is 11.8 Å². The van der Waals surface area contributed by atoms with Gasteiger partial charge < -0.3 is 39.0 Å². The van der Waals surface area contributed by atoms with E-state index in [0.717, 1.165) is 37.3 Å². The molecule has 65 heavy (non-hydrogen) atoms. The number of hydrogen-bond acceptors (Lipinski definition) is 13. The van der Waals surface area contributed by atoms with E-state index in [9.17, 15) is 37.5 Å². The summed E-state index contributed by atoms with van der Waals surface area (Å²) in [6, 6.07) is 12.4. The van der Waals surface area contributed by atoms with Crippen molar-refractivity contribution in [3.63, 3.8) is 0 Å². The molecule has 3 saturated heterocycles. The van der Waals surface area contributed by atoms with Gasteiger partial charge in [0.05, 0.1) is 19.2 Å². The van der Waals surface area contributed by atoms with Gasteiger partial charge in [0.25, 0.3) is 0 Å². The number of halogens is 3. The van der Waals surface area contributed by atoms with Crippen molar-refractivity contribution >= 4 is 35.8 Å². The Balaban J connectivity index is 1.10. The van der Waals surface area contributed by atoms with Crippen molar-refractivity contribution in [2.24, 2.45) is 17.3 Å². The fraction of sp³-hybridized carbons (Fsp3) is 0.596. The quantitative estimate of drug-likeness (QED) is 0.128. The first-order valence-corrected chi connectivity index (χ1v) is 22.2. The Morgan fingerprint density at radius 3 is 2.31 bits per heavy atom. The number of benzene rings is 2. The molecule has 0 aromatic heterocycles. The van der Waals surface area contributed by atoms with Gasteiger partial charge in [0.15, 0.2) is 18.4 Å². The molecule has 3 aliphatic carbocycles. The Bertz CT molecular complexity index is 2150. The van der Waals surface area contributed by atoms with Crippen molar-refractivity contribution in [3.05, 3.63) is 77.4 Å². The summed E-state index contributed by atoms with van der Waals surface area (Å²) in [6.45, 7) is 2.93. The number of aliphatic hydroxyl groups is 1. The fourth-order valence-corrected chi connectivity index (χ4v) is 9.89. The van der Waals surface area contributed by atoms with Gasteiger partial charge in [-0.2, -0.15) is 18.2 Å². The highest BCUT2D eigenvalue weighted by atomic mass is 19.4. The molecule has 2 N–H and O–H groups in total. The minimum Gasteiger partial charge on any atom is -0.460 e. The number of hydrogen-bond donors (Lipinski definition) is 2. The Morgan fingerprint density at radius 1 is 0.985 bits per heavy atom. The predicted octanol–water partition coefficient (Wildman–Crippen LogP) is 4.57. The number of esters is 3. The SMILES string of the molecule is CN(C(=O)C12CC3OC(=O)C1N(Cc1cccc(C=CC(=O)OCC(F)(F)F)c1)OC2C1OC(C2CC2)(C2CC2)OC31)C(Cc1ccccc1)C(=O)NC(CO)CCC(=O)OC(C)(C)C. The second-order valence-electron chi connectivity index (χ2n) is 19.1. The summed E-state index contributed by atoms with van der Waals surface area (Å²) in [5.41, 5.74) is -0.637. The van der Waals surface area contributed by atoms with E-state index in [1.165, 1.54) is 23.1 Å². The van der Waals surface area contributed by atoms with Crippen LogP contribution in [0.15, 0.2) is 60.7 Å². The fourth-order valence-electron chi connectivity index (χ4n) is 9.89. The number of carbonyl (C=O) groups is 5. The van der Waals surface area contributed by atoms with Crippen LogP contribution in [0.4, 0.5) is 13.2 Å². The molecule has 6 fully saturated rings. The van der Waals surface area contributed by atoms with Crippen LogP contribution in [-0.2, 0) is 65.5 Å². The van der Waals surface area contributed by atoms with Gasteiger partial charge in [-0.15, -0.1) is 0 Å². The third-order valence-electron chi connectivity index (χ3n) is 13.0. The number of aliphatic hydroxyl groups excluding tert-OH is 1. The van der Waals surface area contributed by atoms with Gasteiger partial charge in [-0.05, 0) is 75.6 Å². The van der Waals surface area contributed by atoms with Crippen LogP contribution in [0.25, 0.3) is 6.08 Å². The van der Waals surface area contributed by atoms with Crippen LogP contribution in [0, 0.1) is 17.3 Å². The average molecular weight is 912 g/mol. The second-order valence-corrected chi connectivity index (χ2v) is 19.1. The molecule has 6 aliphatic rings. The third kappa shape index (κ3) is 9.97. The molecule has 8 rings (SSSR count). The lowest BCUT2D eigenvalue weighted by Crippen LogP contribution is -2.70. The number of ether oxygens (including phenoxy) is 5. The van der Waals surface area contributed by atoms with Gasteiger partial charge in [-0.25, -0.2) is 4.79 Å². The van der Waals surface area contributed by atoms with Crippen molar-refractivity contribution < 1.29 is 70.8 Å². The van der Waals surface area contributed by atoms with E-state index >= 15 is 4.79 Å². The Kier molecular flexibility index (Phi) is 13.0. The zero-order valence-electron chi connectivity index (χ0n) is 36.8. The van der Waals surface area contributed by atoms with E-state index in [2.05, 4.69) is 10.1 Å². The van der Waals surface area contributed by atoms with E-state index in [1.54, 1.807) is 45.0 Å². The predicted molar refractivity (Wildman–Crippen MR) is 222 cm³/mol. The van der Waals surface area contributed by atoms with Gasteiger partial charge in [0.1, 0.15) is 41.5 Å². The molecule has 0 spiro atoms. The Hall–Kier alpha value is -4.88. The van der Waals surface area contributed by atoms with Crippen molar-refractivity contribution in [2.45, 2.75) is 139 Å². The highest BCUT2D eigenvalue weighted by molar-refractivity contribution is 5.96. The van der Waals surface area contributed by atoms with Gasteiger partial charge in [-0.3, -0.25) is 24.0 Å². The number of nitrogens with one attached hydrogen (secondary N) is 1. The van der Waals surface area contributed by atoms with Crippen molar-refractivity contribution in [3.8, 4) is 0 Å². The third-order valence-corrected chi connectivity index (χ3v) is 13.0. The summed E-state index contributed by atoms with van der Waals surface area (Å²) in [5, 5.41) is 14.6. The molecule has 2 aromatic rings. The molecular formula is C47H56F3N3O12. The summed E-state index contributed by atoms with van der Waals surface area (Å²) < 4.78 is 67.6. The first-order chi connectivity index (χ1) is 30.8. The molecule has 2 bridgehead atoms. The number of fused-ring (bicyclic) bond motifs is 4. The minimum atomic E-state index is -4.68. The zero-order chi connectivity index (χ0) is 46.5. The standard InChI is InChI=1S/C47H56F3N3O12/c1-44(2,3)62-36(56)20-18-32(25-54)51-41(57)33(22-27-9-6-5-7-10-27)52(4)43(59)45-23-34-37-38(64-47(63-37,30-14-15-30)31-16-17-31)40(45)65-53(39(45)42(58)61-34)24-29-12-8-11-28(21-29)13-19-35(55)60-26-46(48,49)50/h5-13,19,21,30-34,37-40,54H,14-18,20,22-26H2,1-4H3,(H,51,57). The molecule has 2 amide bonds. The van der Waals surface area contributed by atoms with Gasteiger partial charge in [-0.1, -0.05) is 54.6 Å². The lowest BCUT2D eigenvalue weighted by atomic mass is 9.62. The number of rotatable bonds is 17. The molecular weight excluding hydrogens is 856 g/mol. The number of amides is 2. The van der Waals surface area contributed by atoms with E-state index in [0.29, 0.717) is 11.1 Å². The Morgan fingerprint density at radius 2 is 1.66 bits per heavy atom. The normalized spacial score (nSPS) is 27.9. The van der Waals surface area contributed by atoms with Crippen LogP contribution in [-0.4, -0.2) is 125 Å². The molecule has 3 heterocycles. The molecule has 3 saturated carbocycles. The second kappa shape index (κ2) is 18.1. The lowest BCUT2D eigenvalue weighted by Gasteiger charge is -2.50. The van der Waals surface area contributed by atoms with Crippen LogP contribution in [0.5, 0.6) is 0 Å². The summed E-state index contributed by atoms with van der Waals surface area (Å²) in [7, 11) is 1.50. The first kappa shape index (κ1) is 46.6. The van der Waals surface area contributed by atoms with Gasteiger partial charge >= 0.3 is 24.1 Å². The van der Waals surface area contributed by atoms with Crippen LogP contribution in [0.2, 0.25) is 0 Å². The molecule has 18 heteroatoms. The smallest absolute Gasteiger partial charge is 0.422 e. The summed E-state index contributed by atoms with van der Waals surface area (Å²) >= 11 is 0. The van der Waals surface area contributed by atoms with E-state index in [4.69, 9.17) is 23.8 Å². The maximum Gasteiger partial charge on any atom is 0.422 e. The maximum atomic E-state index is 15.7. The monoisotopic (exact) mass is 911 g/mol. The molecule has 8 atom stereocenters. The highest BCUT2D eigenvalue weighted by Gasteiger charge is 2.78. The number of alkyl halides is 3. The first-order valence-electron chi connectivity index (χ1n) is 22.2. The number of hydroxylamine groups is 2. The number of nitrogens with zero attached hydrogens (tertiary/aromatic N) is 2. The average Bonchev–Trinajstić information content (AvgIpc) is 4.21. The van der Waals surface area contributed by atoms with E-state index < -0.39 is 108 Å². The van der Waals surface area contributed by atoms with Crippen molar-refractivity contribution in [2.75, 3.05) is 20.3 Å². The van der Waals surface area contributed by atoms with E-state index in [1.807, 2.05) is 30.3 Å². The zero-order valence-corrected chi connectivity index (χ0v) is 36.8. The summed E-state index contributed by atoms with van der Waals surface area (Å²) in [4.78, 5) is 77.5. The topological polar surface area (TPSA) is 179 Å². The molecule has 3 aliphatic heterocycles. The van der Waals surface area contributed by atoms with Crippen LogP contribution >= 0.6 is 0 Å². The maximum absolute atomic E-state index is 15.7. The molecule has 0 radical (unpaired) electrons. The van der Waals surface area contributed by atoms with Crippen LogP contribution in [0.1, 0.15) is 82.4 Å².